The first-order valence-electron chi connectivity index (χ1n) is 15.5. The van der Waals surface area contributed by atoms with Gasteiger partial charge in [0.25, 0.3) is 5.56 Å². The van der Waals surface area contributed by atoms with Gasteiger partial charge in [0.1, 0.15) is 36.6 Å². The predicted octanol–water partition coefficient (Wildman–Crippen LogP) is -1.23. The molecule has 0 bridgehead atoms. The monoisotopic (exact) mass is 729 g/mol. The Balaban J connectivity index is 2.12. The van der Waals surface area contributed by atoms with Crippen LogP contribution in [-0.2, 0) is 57.1 Å². The summed E-state index contributed by atoms with van der Waals surface area (Å²) in [6, 6.07) is -3.67. The first-order chi connectivity index (χ1) is 23.5. The lowest BCUT2D eigenvalue weighted by atomic mass is 10.0. The van der Waals surface area contributed by atoms with Gasteiger partial charge in [-0.2, -0.15) is 0 Å². The first kappa shape index (κ1) is 40.4. The minimum Gasteiger partial charge on any atom is -0.467 e. The minimum absolute atomic E-state index is 0.0396. The maximum absolute atomic E-state index is 14.2. The zero-order chi connectivity index (χ0) is 38.6. The fourth-order valence-corrected chi connectivity index (χ4v) is 5.39. The number of alkyl carbamates (subject to hydrolysis) is 1. The third kappa shape index (κ3) is 10.5. The number of H-pyrrole nitrogens is 1. The van der Waals surface area contributed by atoms with Gasteiger partial charge < -0.3 is 54.3 Å². The summed E-state index contributed by atoms with van der Waals surface area (Å²) in [5.74, 6) is -5.56. The summed E-state index contributed by atoms with van der Waals surface area (Å²) in [5.41, 5.74) is 2.39. The molecule has 2 saturated heterocycles. The molecule has 0 unspecified atom stereocenters. The Labute approximate surface area is 290 Å². The zero-order valence-corrected chi connectivity index (χ0v) is 29.5. The average Bonchev–Trinajstić information content (AvgIpc) is 3.48. The molecular formula is C30H43N5O16. The van der Waals surface area contributed by atoms with Gasteiger partial charge in [-0.15, -0.1) is 0 Å². The second kappa shape index (κ2) is 15.9. The molecule has 0 aromatic carbocycles. The van der Waals surface area contributed by atoms with Crippen LogP contribution in [0.15, 0.2) is 15.8 Å². The number of aromatic amines is 1. The van der Waals surface area contributed by atoms with E-state index in [-0.39, 0.29) is 5.56 Å². The fourth-order valence-electron chi connectivity index (χ4n) is 5.39. The molecule has 2 aliphatic rings. The van der Waals surface area contributed by atoms with E-state index in [2.05, 4.69) is 15.6 Å². The average molecular weight is 730 g/mol. The van der Waals surface area contributed by atoms with Gasteiger partial charge in [-0.1, -0.05) is 0 Å². The van der Waals surface area contributed by atoms with E-state index in [4.69, 9.17) is 43.6 Å². The van der Waals surface area contributed by atoms with Crippen LogP contribution in [0.25, 0.3) is 0 Å². The molecule has 21 heteroatoms. The summed E-state index contributed by atoms with van der Waals surface area (Å²) in [7, 11) is 0.970. The zero-order valence-electron chi connectivity index (χ0n) is 29.5. The Hall–Kier alpha value is -5.02. The van der Waals surface area contributed by atoms with Crippen molar-refractivity contribution in [3.05, 3.63) is 32.6 Å². The van der Waals surface area contributed by atoms with Gasteiger partial charge in [-0.05, 0) is 41.5 Å². The van der Waals surface area contributed by atoms with Gasteiger partial charge in [0.2, 0.25) is 5.91 Å². The largest absolute Gasteiger partial charge is 0.467 e. The van der Waals surface area contributed by atoms with Crippen LogP contribution >= 0.6 is 0 Å². The summed E-state index contributed by atoms with van der Waals surface area (Å²) >= 11 is 0. The molecule has 8 atom stereocenters. The highest BCUT2D eigenvalue weighted by molar-refractivity contribution is 5.90. The number of aryl methyl sites for hydroxylation is 1. The van der Waals surface area contributed by atoms with E-state index < -0.39 is 114 Å². The van der Waals surface area contributed by atoms with Crippen molar-refractivity contribution < 1.29 is 66.7 Å². The normalized spacial score (nSPS) is 25.1. The van der Waals surface area contributed by atoms with Gasteiger partial charge in [-0.25, -0.2) is 19.2 Å². The van der Waals surface area contributed by atoms with Crippen molar-refractivity contribution in [3.63, 3.8) is 0 Å². The number of nitrogens with one attached hydrogen (secondary N) is 3. The van der Waals surface area contributed by atoms with E-state index in [1.807, 2.05) is 0 Å². The number of aromatic nitrogens is 2. The second-order valence-corrected chi connectivity index (χ2v) is 13.0. The number of carbonyl (C=O) groups is 6. The summed E-state index contributed by atoms with van der Waals surface area (Å²) in [6.45, 7) is 10.5. The molecular weight excluding hydrogens is 686 g/mol. The molecule has 5 N–H and O–H groups in total. The molecule has 51 heavy (non-hydrogen) atoms. The van der Waals surface area contributed by atoms with Crippen molar-refractivity contribution in [1.29, 1.82) is 0 Å². The van der Waals surface area contributed by atoms with Crippen molar-refractivity contribution >= 4 is 36.0 Å². The van der Waals surface area contributed by atoms with Crippen LogP contribution in [0.3, 0.4) is 0 Å². The van der Waals surface area contributed by atoms with Crippen LogP contribution in [0.4, 0.5) is 9.59 Å². The van der Waals surface area contributed by atoms with E-state index in [9.17, 15) is 38.4 Å². The quantitative estimate of drug-likeness (QED) is 0.153. The Morgan fingerprint density at radius 2 is 1.59 bits per heavy atom. The van der Waals surface area contributed by atoms with E-state index in [0.29, 0.717) is 0 Å². The number of carbonyl (C=O) groups excluding carboxylic acids is 6. The van der Waals surface area contributed by atoms with Crippen LogP contribution < -0.4 is 27.6 Å². The number of esters is 3. The number of nitrogens with zero attached hydrogens (tertiary/aromatic N) is 1. The van der Waals surface area contributed by atoms with E-state index >= 15 is 0 Å². The van der Waals surface area contributed by atoms with E-state index in [0.717, 1.165) is 31.7 Å². The van der Waals surface area contributed by atoms with Crippen LogP contribution in [0.1, 0.15) is 60.3 Å². The fraction of sp³-hybridized carbons (Fsp3) is 0.667. The van der Waals surface area contributed by atoms with Crippen molar-refractivity contribution in [2.45, 2.75) is 116 Å². The summed E-state index contributed by atoms with van der Waals surface area (Å²) in [5, 5.41) is 4.78. The Kier molecular flexibility index (Phi) is 12.6. The number of rotatable bonds is 11. The van der Waals surface area contributed by atoms with Crippen LogP contribution in [-0.4, -0.2) is 113 Å². The highest BCUT2D eigenvalue weighted by Crippen LogP contribution is 2.36. The van der Waals surface area contributed by atoms with Gasteiger partial charge in [-0.3, -0.25) is 28.7 Å². The number of nitrogens with two attached hydrogens (primary N) is 1. The molecule has 3 rings (SSSR count). The van der Waals surface area contributed by atoms with Gasteiger partial charge in [0.15, 0.2) is 30.3 Å². The molecule has 0 saturated carbocycles. The lowest BCUT2D eigenvalue weighted by molar-refractivity contribution is -0.167. The highest BCUT2D eigenvalue weighted by atomic mass is 16.8. The Morgan fingerprint density at radius 1 is 0.980 bits per heavy atom. The van der Waals surface area contributed by atoms with Gasteiger partial charge >= 0.3 is 35.8 Å². The molecule has 284 valence electrons. The lowest BCUT2D eigenvalue weighted by Gasteiger charge is -2.31. The SMILES string of the molecule is COC(=O)[C@@H](NC(=O)[C@@H](NC(=O)OC(C)(C)C)[C@@H]1OC(C)(C)O[C@H]1COC(N)=O)[C@H]1O[C@@H](n2cc(C)c(=O)[nH]c2=O)[C@H](OC(C)=O)[C@@H]1OC(C)=O. The molecule has 3 amide bonds. The smallest absolute Gasteiger partial charge is 0.408 e. The van der Waals surface area contributed by atoms with E-state index in [1.54, 1.807) is 20.8 Å². The molecule has 0 spiro atoms. The third-order valence-electron chi connectivity index (χ3n) is 7.23. The Morgan fingerprint density at radius 3 is 2.14 bits per heavy atom. The Bertz CT molecular complexity index is 1630. The standard InChI is InChI=1S/C30H43N5O16/c1-12-10-35(27(42)34-22(12)38)24-21(47-14(3)37)20(46-13(2)36)19(48-24)17(25(40)44-9)32-23(39)16(33-28(43)51-29(4,5)6)18-15(11-45-26(31)41)49-30(7,8)50-18/h10,15-21,24H,11H2,1-9H3,(H2,31,41)(H,32,39)(H,33,43)(H,34,38,42)/t15-,16-,17-,18+,19+,20+,21+,24+/m0/s1. The molecule has 2 aliphatic heterocycles. The topological polar surface area (TPSA) is 281 Å². The molecule has 21 nitrogen and oxygen atoms in total. The maximum Gasteiger partial charge on any atom is 0.408 e. The number of hydrogen-bond donors (Lipinski definition) is 4. The van der Waals surface area contributed by atoms with Crippen LogP contribution in [0.2, 0.25) is 0 Å². The number of ether oxygens (including phenoxy) is 8. The maximum atomic E-state index is 14.2. The number of methoxy groups -OCH3 is 1. The number of hydrogen-bond acceptors (Lipinski definition) is 16. The minimum atomic E-state index is -1.91. The highest BCUT2D eigenvalue weighted by Gasteiger charge is 2.56. The molecule has 0 radical (unpaired) electrons. The summed E-state index contributed by atoms with van der Waals surface area (Å²) < 4.78 is 44.6. The van der Waals surface area contributed by atoms with E-state index in [1.165, 1.54) is 20.8 Å². The summed E-state index contributed by atoms with van der Waals surface area (Å²) in [4.78, 5) is 104. The molecule has 0 aliphatic carbocycles. The number of primary amides is 1. The second-order valence-electron chi connectivity index (χ2n) is 13.0. The van der Waals surface area contributed by atoms with Crippen molar-refractivity contribution in [1.82, 2.24) is 20.2 Å². The molecule has 3 heterocycles. The molecule has 2 fully saturated rings. The van der Waals surface area contributed by atoms with Crippen LogP contribution in [0, 0.1) is 6.92 Å². The predicted molar refractivity (Wildman–Crippen MR) is 168 cm³/mol. The van der Waals surface area contributed by atoms with Crippen molar-refractivity contribution in [2.24, 2.45) is 5.73 Å². The van der Waals surface area contributed by atoms with Crippen molar-refractivity contribution in [2.75, 3.05) is 13.7 Å². The van der Waals surface area contributed by atoms with Crippen molar-refractivity contribution in [3.8, 4) is 0 Å². The number of amides is 3. The first-order valence-corrected chi connectivity index (χ1v) is 15.5. The summed E-state index contributed by atoms with van der Waals surface area (Å²) in [6.07, 6.45) is -10.5. The van der Waals surface area contributed by atoms with Gasteiger partial charge in [0.05, 0.1) is 7.11 Å². The molecule has 1 aromatic heterocycles. The molecule has 1 aromatic rings. The third-order valence-corrected chi connectivity index (χ3v) is 7.23. The van der Waals surface area contributed by atoms with Gasteiger partial charge in [0, 0.05) is 25.6 Å². The van der Waals surface area contributed by atoms with Crippen LogP contribution in [0.5, 0.6) is 0 Å². The lowest BCUT2D eigenvalue weighted by Crippen LogP contribution is -2.62.